The third-order valence-corrected chi connectivity index (χ3v) is 3.11. The van der Waals surface area contributed by atoms with Crippen LogP contribution < -0.4 is 0 Å². The zero-order chi connectivity index (χ0) is 14.8. The lowest BCUT2D eigenvalue weighted by atomic mass is 10.1. The molecule has 1 aromatic heterocycles. The van der Waals surface area contributed by atoms with Crippen molar-refractivity contribution in [2.45, 2.75) is 13.0 Å². The lowest BCUT2D eigenvalue weighted by Gasteiger charge is -2.11. The van der Waals surface area contributed by atoms with Gasteiger partial charge in [-0.25, -0.2) is 4.39 Å². The normalized spacial score (nSPS) is 12.3. The van der Waals surface area contributed by atoms with Crippen molar-refractivity contribution in [1.82, 2.24) is 20.2 Å². The molecule has 0 fully saturated rings. The lowest BCUT2D eigenvalue weighted by molar-refractivity contribution is 0.193. The molecule has 0 aliphatic heterocycles. The number of benzene rings is 2. The van der Waals surface area contributed by atoms with Crippen LogP contribution in [0.15, 0.2) is 48.5 Å². The minimum atomic E-state index is -0.965. The molecule has 1 heterocycles. The summed E-state index contributed by atoms with van der Waals surface area (Å²) < 4.78 is 13.9. The fourth-order valence-corrected chi connectivity index (χ4v) is 2.13. The van der Waals surface area contributed by atoms with E-state index >= 15 is 0 Å². The second kappa shape index (κ2) is 5.41. The molecule has 1 atom stereocenters. The van der Waals surface area contributed by atoms with Crippen LogP contribution in [0.1, 0.15) is 18.6 Å². The van der Waals surface area contributed by atoms with Gasteiger partial charge < -0.3 is 5.11 Å². The SMILES string of the molecule is C[C@@H](O)c1c(F)cccc1-n1nnc(-c2ccccc2)n1. The summed E-state index contributed by atoms with van der Waals surface area (Å²) in [7, 11) is 0. The van der Waals surface area contributed by atoms with E-state index in [4.69, 9.17) is 0 Å². The molecule has 1 N–H and O–H groups in total. The Kier molecular flexibility index (Phi) is 3.45. The Hall–Kier alpha value is -2.60. The molecule has 106 valence electrons. The van der Waals surface area contributed by atoms with Crippen molar-refractivity contribution in [3.8, 4) is 17.1 Å². The quantitative estimate of drug-likeness (QED) is 0.802. The van der Waals surface area contributed by atoms with Crippen LogP contribution >= 0.6 is 0 Å². The van der Waals surface area contributed by atoms with E-state index in [2.05, 4.69) is 15.4 Å². The minimum Gasteiger partial charge on any atom is -0.389 e. The van der Waals surface area contributed by atoms with Gasteiger partial charge in [0.05, 0.1) is 11.8 Å². The van der Waals surface area contributed by atoms with Gasteiger partial charge >= 0.3 is 0 Å². The summed E-state index contributed by atoms with van der Waals surface area (Å²) in [6, 6.07) is 13.8. The van der Waals surface area contributed by atoms with E-state index in [9.17, 15) is 9.50 Å². The maximum atomic E-state index is 13.9. The molecule has 3 rings (SSSR count). The van der Waals surface area contributed by atoms with E-state index in [0.717, 1.165) is 5.56 Å². The fourth-order valence-electron chi connectivity index (χ4n) is 2.13. The highest BCUT2D eigenvalue weighted by molar-refractivity contribution is 5.53. The summed E-state index contributed by atoms with van der Waals surface area (Å²) in [5.41, 5.74) is 1.34. The number of aromatic nitrogens is 4. The Morgan fingerprint density at radius 3 is 2.57 bits per heavy atom. The summed E-state index contributed by atoms with van der Waals surface area (Å²) >= 11 is 0. The summed E-state index contributed by atoms with van der Waals surface area (Å²) in [5, 5.41) is 21.9. The first-order valence-electron chi connectivity index (χ1n) is 6.49. The molecule has 2 aromatic carbocycles. The first kappa shape index (κ1) is 13.4. The van der Waals surface area contributed by atoms with E-state index in [1.165, 1.54) is 17.8 Å². The highest BCUT2D eigenvalue weighted by Gasteiger charge is 2.17. The number of nitrogens with zero attached hydrogens (tertiary/aromatic N) is 4. The third kappa shape index (κ3) is 2.53. The zero-order valence-electron chi connectivity index (χ0n) is 11.3. The zero-order valence-corrected chi connectivity index (χ0v) is 11.3. The van der Waals surface area contributed by atoms with E-state index in [1.807, 2.05) is 30.3 Å². The topological polar surface area (TPSA) is 63.8 Å². The second-order valence-electron chi connectivity index (χ2n) is 4.62. The molecule has 0 unspecified atom stereocenters. The molecule has 0 radical (unpaired) electrons. The number of tetrazole rings is 1. The Morgan fingerprint density at radius 2 is 1.86 bits per heavy atom. The van der Waals surface area contributed by atoms with Crippen molar-refractivity contribution in [1.29, 1.82) is 0 Å². The van der Waals surface area contributed by atoms with Crippen molar-refractivity contribution in [3.05, 3.63) is 59.9 Å². The van der Waals surface area contributed by atoms with Crippen LogP contribution in [0.4, 0.5) is 4.39 Å². The number of halogens is 1. The van der Waals surface area contributed by atoms with Gasteiger partial charge in [-0.05, 0) is 24.3 Å². The molecular weight excluding hydrogens is 271 g/mol. The van der Waals surface area contributed by atoms with Gasteiger partial charge in [0.2, 0.25) is 5.82 Å². The Morgan fingerprint density at radius 1 is 1.10 bits per heavy atom. The summed E-state index contributed by atoms with van der Waals surface area (Å²) in [6.07, 6.45) is -0.965. The summed E-state index contributed by atoms with van der Waals surface area (Å²) in [5.74, 6) is -0.0579. The van der Waals surface area contributed by atoms with Crippen LogP contribution in [0.5, 0.6) is 0 Å². The maximum Gasteiger partial charge on any atom is 0.205 e. The fraction of sp³-hybridized carbons (Fsp3) is 0.133. The summed E-state index contributed by atoms with van der Waals surface area (Å²) in [6.45, 7) is 1.50. The van der Waals surface area contributed by atoms with E-state index in [1.54, 1.807) is 12.1 Å². The number of aliphatic hydroxyl groups is 1. The molecule has 0 saturated carbocycles. The smallest absolute Gasteiger partial charge is 0.205 e. The van der Waals surface area contributed by atoms with Gasteiger partial charge in [-0.2, -0.15) is 0 Å². The van der Waals surface area contributed by atoms with Crippen LogP contribution in [0.25, 0.3) is 17.1 Å². The van der Waals surface area contributed by atoms with Gasteiger partial charge in [-0.1, -0.05) is 36.4 Å². The van der Waals surface area contributed by atoms with Crippen LogP contribution in [0.3, 0.4) is 0 Å². The first-order chi connectivity index (χ1) is 10.2. The van der Waals surface area contributed by atoms with Crippen LogP contribution in [0.2, 0.25) is 0 Å². The van der Waals surface area contributed by atoms with Crippen molar-refractivity contribution in [2.24, 2.45) is 0 Å². The van der Waals surface area contributed by atoms with E-state index in [-0.39, 0.29) is 5.56 Å². The highest BCUT2D eigenvalue weighted by atomic mass is 19.1. The van der Waals surface area contributed by atoms with Crippen molar-refractivity contribution >= 4 is 0 Å². The number of aliphatic hydroxyl groups excluding tert-OH is 1. The van der Waals surface area contributed by atoms with Gasteiger partial charge in [0, 0.05) is 11.1 Å². The molecule has 5 nitrogen and oxygen atoms in total. The second-order valence-corrected chi connectivity index (χ2v) is 4.62. The highest BCUT2D eigenvalue weighted by Crippen LogP contribution is 2.24. The Bertz CT molecular complexity index is 755. The molecule has 0 saturated heterocycles. The van der Waals surface area contributed by atoms with E-state index < -0.39 is 11.9 Å². The van der Waals surface area contributed by atoms with Crippen molar-refractivity contribution in [2.75, 3.05) is 0 Å². The molecule has 3 aromatic rings. The van der Waals surface area contributed by atoms with Crippen molar-refractivity contribution in [3.63, 3.8) is 0 Å². The van der Waals surface area contributed by atoms with Crippen molar-refractivity contribution < 1.29 is 9.50 Å². The molecule has 0 spiro atoms. The Labute approximate surface area is 120 Å². The van der Waals surface area contributed by atoms with Crippen LogP contribution in [0, 0.1) is 5.82 Å². The molecule has 0 aliphatic carbocycles. The average Bonchev–Trinajstić information content (AvgIpc) is 2.97. The Balaban J connectivity index is 2.07. The molecule has 0 bridgehead atoms. The number of hydrogen-bond acceptors (Lipinski definition) is 4. The van der Waals surface area contributed by atoms with Gasteiger partial charge in [0.1, 0.15) is 5.82 Å². The predicted molar refractivity (Wildman–Crippen MR) is 75.2 cm³/mol. The number of rotatable bonds is 3. The van der Waals surface area contributed by atoms with E-state index in [0.29, 0.717) is 11.5 Å². The average molecular weight is 284 g/mol. The molecular formula is C15H13FN4O. The summed E-state index contributed by atoms with van der Waals surface area (Å²) in [4.78, 5) is 1.23. The van der Waals surface area contributed by atoms with Crippen LogP contribution in [-0.2, 0) is 0 Å². The molecule has 0 aliphatic rings. The van der Waals surface area contributed by atoms with Gasteiger partial charge in [-0.3, -0.25) is 0 Å². The van der Waals surface area contributed by atoms with Gasteiger partial charge in [0.25, 0.3) is 0 Å². The molecule has 21 heavy (non-hydrogen) atoms. The van der Waals surface area contributed by atoms with Gasteiger partial charge in [0.15, 0.2) is 0 Å². The molecule has 0 amide bonds. The third-order valence-electron chi connectivity index (χ3n) is 3.11. The largest absolute Gasteiger partial charge is 0.389 e. The lowest BCUT2D eigenvalue weighted by Crippen LogP contribution is -2.08. The number of hydrogen-bond donors (Lipinski definition) is 1. The molecule has 6 heteroatoms. The predicted octanol–water partition coefficient (Wildman–Crippen LogP) is 2.52. The maximum absolute atomic E-state index is 13.9. The monoisotopic (exact) mass is 284 g/mol. The minimum absolute atomic E-state index is 0.148. The first-order valence-corrected chi connectivity index (χ1v) is 6.49. The van der Waals surface area contributed by atoms with Gasteiger partial charge in [-0.15, -0.1) is 15.0 Å². The standard InChI is InChI=1S/C15H13FN4O/c1-10(21)14-12(16)8-5-9-13(14)20-18-15(17-19-20)11-6-3-2-4-7-11/h2-10,21H,1H3/t10-/m1/s1. The van der Waals surface area contributed by atoms with Crippen LogP contribution in [-0.4, -0.2) is 25.3 Å².